The topological polar surface area (TPSA) is 178 Å². The van der Waals surface area contributed by atoms with Crippen LogP contribution in [0.5, 0.6) is 23.0 Å². The van der Waals surface area contributed by atoms with Gasteiger partial charge in [0.2, 0.25) is 11.0 Å². The molecule has 14 aromatic carbocycles. The monoisotopic (exact) mass is 1620 g/mol. The number of aromatic nitrogens is 5. The van der Waals surface area contributed by atoms with Crippen LogP contribution in [0.3, 0.4) is 0 Å². The van der Waals surface area contributed by atoms with Crippen LogP contribution in [0, 0.1) is 0 Å². The molecule has 17 aromatic rings. The molecule has 116 heavy (non-hydrogen) atoms. The number of hydrogen-bond acceptors (Lipinski definition) is 13. The molecule has 0 saturated carbocycles. The van der Waals surface area contributed by atoms with Crippen LogP contribution in [-0.4, -0.2) is 68.0 Å². The fourth-order valence-electron chi connectivity index (χ4n) is 14.6. The number of aromatic hydroxyl groups is 2. The van der Waals surface area contributed by atoms with Gasteiger partial charge in [-0.3, -0.25) is 9.98 Å². The Hall–Kier alpha value is -12.6. The Balaban J connectivity index is 0.000000116. The zero-order valence-corrected chi connectivity index (χ0v) is 68.8. The van der Waals surface area contributed by atoms with Crippen molar-refractivity contribution in [2.45, 2.75) is 22.6 Å². The van der Waals surface area contributed by atoms with Crippen LogP contribution in [-0.2, 0) is 19.5 Å². The molecular formula is C99H69BeN7O4S4Zn+2. The number of aromatic amines is 2. The summed E-state index contributed by atoms with van der Waals surface area (Å²) in [6.45, 7) is 0. The normalized spacial score (nSPS) is 15.3. The average molecular weight is 1620 g/mol. The van der Waals surface area contributed by atoms with E-state index in [2.05, 4.69) is 160 Å². The van der Waals surface area contributed by atoms with Gasteiger partial charge in [0.15, 0.2) is 17.5 Å². The SMILES string of the molecule is Oc1ccccc1C1=NC2C=CC=CC2S1.Oc1ccccc1C1=NC2C=CC=CC2S1.[Be+2].[O-]c1c(-c2[nH+]c3ccccc3s2)ccc2ccccc12.[O-]c1c(-c2[nH+]c3ccccc3s2)ccc2ccccc12.[Zn].c1ccc(-c2nc(-c3ccccc3)nc(-c3ccc4c(c3)-c3ccccc3-c3ccccc3-c3ccccc3-4)n2)cc1. The third-order valence-corrected chi connectivity index (χ3v) is 25.0. The standard InChI is InChI=1S/C39H25N3.2C17H11NOS.2C13H11NOS.Be.Zn/c1-3-13-26(14-4-1)37-40-38(27-15-5-2-6-16-27)42-39(41-37)28-23-24-35-33-21-10-9-19-31(33)29-17-7-8-18-30(29)32-20-11-12-22-34(32)36(35)25-28;2*19-16-12-6-2-1-5-11(12)9-10-13(16)17-18-14-7-3-4-8-15(14)20-17;2*15-11-7-3-1-5-9(11)13-14-10-6-2-4-8-12(10)16-13;;/h1-25H;2*1-10,19H;2*1-8,10,12,15H;;/q;;;;;+2;. The van der Waals surface area contributed by atoms with E-state index in [-0.39, 0.29) is 53.2 Å². The van der Waals surface area contributed by atoms with Gasteiger partial charge in [0.1, 0.15) is 31.0 Å². The Labute approximate surface area is 704 Å². The first-order valence-corrected chi connectivity index (χ1v) is 40.8. The maximum atomic E-state index is 12.6. The molecule has 22 rings (SSSR count). The molecule has 17 heteroatoms. The number of phenols is 2. The summed E-state index contributed by atoms with van der Waals surface area (Å²) in [7, 11) is 0. The van der Waals surface area contributed by atoms with E-state index in [4.69, 9.17) is 15.0 Å². The number of rotatable bonds is 7. The minimum Gasteiger partial charge on any atom is -0.871 e. The number of allylic oxidation sites excluding steroid dienone is 4. The minimum absolute atomic E-state index is 0. The number of phenolic OH excluding ortho intramolecular Hbond substituents is 2. The van der Waals surface area contributed by atoms with E-state index in [1.807, 2.05) is 218 Å². The average Bonchev–Trinajstić information content (AvgIpc) is 1.18. The molecule has 550 valence electrons. The van der Waals surface area contributed by atoms with Gasteiger partial charge in [0, 0.05) is 59.4 Å². The number of nitrogens with zero attached hydrogens (tertiary/aromatic N) is 5. The number of fused-ring (bicyclic) bond motifs is 14. The fraction of sp³-hybridized carbons (Fsp3) is 0.0404. The zero-order chi connectivity index (χ0) is 76.9. The van der Waals surface area contributed by atoms with Crippen molar-refractivity contribution < 1.29 is 49.9 Å². The van der Waals surface area contributed by atoms with Gasteiger partial charge < -0.3 is 20.4 Å². The molecule has 5 heterocycles. The van der Waals surface area contributed by atoms with Crippen molar-refractivity contribution in [2.75, 3.05) is 0 Å². The molecule has 2 aliphatic heterocycles. The number of benzene rings is 14. The molecule has 0 bridgehead atoms. The molecule has 0 saturated heterocycles. The first-order valence-electron chi connectivity index (χ1n) is 37.4. The first-order chi connectivity index (χ1) is 56.2. The van der Waals surface area contributed by atoms with E-state index in [1.165, 1.54) is 38.9 Å². The summed E-state index contributed by atoms with van der Waals surface area (Å²) in [4.78, 5) is 30.8. The number of aliphatic imine (C=N–C) groups is 2. The van der Waals surface area contributed by atoms with Crippen molar-refractivity contribution >= 4 is 108 Å². The van der Waals surface area contributed by atoms with E-state index in [0.29, 0.717) is 39.5 Å². The number of nitrogens with one attached hydrogen (secondary N) is 2. The van der Waals surface area contributed by atoms with Gasteiger partial charge in [-0.1, -0.05) is 361 Å². The van der Waals surface area contributed by atoms with Gasteiger partial charge >= 0.3 is 10.1 Å². The Morgan fingerprint density at radius 3 is 1.03 bits per heavy atom. The Morgan fingerprint density at radius 1 is 0.302 bits per heavy atom. The largest absolute Gasteiger partial charge is 2.00 e. The second kappa shape index (κ2) is 35.0. The molecule has 0 fully saturated rings. The second-order valence-corrected chi connectivity index (χ2v) is 31.9. The maximum absolute atomic E-state index is 12.6. The predicted octanol–water partition coefficient (Wildman–Crippen LogP) is 22.2. The number of H-pyrrole nitrogens is 2. The number of thiazole rings is 2. The van der Waals surface area contributed by atoms with Crippen molar-refractivity contribution in [1.29, 1.82) is 0 Å². The first kappa shape index (κ1) is 77.3. The number of para-hydroxylation sites is 4. The van der Waals surface area contributed by atoms with Crippen LogP contribution in [0.25, 0.3) is 142 Å². The molecule has 4 N–H and O–H groups in total. The fourth-order valence-corrected chi connectivity index (χ4v) is 19.1. The van der Waals surface area contributed by atoms with Crippen molar-refractivity contribution in [3.05, 3.63) is 381 Å². The molecule has 0 radical (unpaired) electrons. The van der Waals surface area contributed by atoms with E-state index >= 15 is 0 Å². The van der Waals surface area contributed by atoms with Crippen LogP contribution in [0.2, 0.25) is 0 Å². The molecular weight excluding hydrogens is 1550 g/mol. The van der Waals surface area contributed by atoms with Gasteiger partial charge in [0.25, 0.3) is 10.0 Å². The van der Waals surface area contributed by atoms with Crippen molar-refractivity contribution in [3.8, 4) is 123 Å². The van der Waals surface area contributed by atoms with E-state index in [9.17, 15) is 20.4 Å². The van der Waals surface area contributed by atoms with Crippen molar-refractivity contribution in [3.63, 3.8) is 0 Å². The summed E-state index contributed by atoms with van der Waals surface area (Å²) in [6, 6.07) is 108. The molecule has 11 nitrogen and oxygen atoms in total. The maximum Gasteiger partial charge on any atom is 2.00 e. The van der Waals surface area contributed by atoms with Gasteiger partial charge in [-0.2, -0.15) is 9.97 Å². The van der Waals surface area contributed by atoms with E-state index < -0.39 is 0 Å². The zero-order valence-electron chi connectivity index (χ0n) is 62.5. The van der Waals surface area contributed by atoms with Crippen LogP contribution in [0.1, 0.15) is 11.1 Å². The molecule has 0 amide bonds. The summed E-state index contributed by atoms with van der Waals surface area (Å²) in [6.07, 6.45) is 16.7. The Kier molecular flexibility index (Phi) is 23.3. The van der Waals surface area contributed by atoms with Gasteiger partial charge in [-0.05, 0) is 121 Å². The number of hydrogen-bond donors (Lipinski definition) is 2. The van der Waals surface area contributed by atoms with Crippen LogP contribution in [0.4, 0.5) is 0 Å². The van der Waals surface area contributed by atoms with Gasteiger partial charge in [-0.15, -0.1) is 0 Å². The van der Waals surface area contributed by atoms with Crippen molar-refractivity contribution in [2.24, 2.45) is 9.98 Å². The molecule has 4 atom stereocenters. The third kappa shape index (κ3) is 16.2. The summed E-state index contributed by atoms with van der Waals surface area (Å²) in [5, 5.41) is 52.7. The summed E-state index contributed by atoms with van der Waals surface area (Å²) >= 11 is 6.66. The Morgan fingerprint density at radius 2 is 0.629 bits per heavy atom. The summed E-state index contributed by atoms with van der Waals surface area (Å²) in [5.74, 6) is 2.76. The van der Waals surface area contributed by atoms with Gasteiger partial charge in [0.05, 0.1) is 33.7 Å². The van der Waals surface area contributed by atoms with Crippen LogP contribution in [0.15, 0.2) is 380 Å². The van der Waals surface area contributed by atoms with Crippen molar-refractivity contribution in [1.82, 2.24) is 15.0 Å². The van der Waals surface area contributed by atoms with Gasteiger partial charge in [-0.25, -0.2) is 15.0 Å². The molecule has 4 unspecified atom stereocenters. The third-order valence-electron chi connectivity index (χ3n) is 20.3. The molecule has 5 aliphatic rings. The molecule has 3 aromatic heterocycles. The summed E-state index contributed by atoms with van der Waals surface area (Å²) in [5.41, 5.74) is 17.8. The quantitative estimate of drug-likeness (QED) is 0.147. The van der Waals surface area contributed by atoms with Crippen LogP contribution < -0.4 is 20.2 Å². The smallest absolute Gasteiger partial charge is 0.871 e. The van der Waals surface area contributed by atoms with E-state index in [1.54, 1.807) is 58.3 Å². The molecule has 3 aliphatic carbocycles. The minimum atomic E-state index is 0. The van der Waals surface area contributed by atoms with Crippen LogP contribution >= 0.6 is 46.2 Å². The van der Waals surface area contributed by atoms with E-state index in [0.717, 1.165) is 107 Å². The number of thioether (sulfide) groups is 2. The predicted molar refractivity (Wildman–Crippen MR) is 475 cm³/mol. The summed E-state index contributed by atoms with van der Waals surface area (Å²) < 4.78 is 2.32. The Bertz CT molecular complexity index is 6330. The second-order valence-electron chi connectivity index (χ2n) is 27.5. The molecule has 0 spiro atoms.